The van der Waals surface area contributed by atoms with Crippen molar-refractivity contribution < 1.29 is 19.1 Å². The highest BCUT2D eigenvalue weighted by molar-refractivity contribution is 5.91. The first-order chi connectivity index (χ1) is 12.5. The van der Waals surface area contributed by atoms with Crippen LogP contribution in [0.1, 0.15) is 24.5 Å². The number of ether oxygens (including phenoxy) is 2. The van der Waals surface area contributed by atoms with E-state index < -0.39 is 5.91 Å². The van der Waals surface area contributed by atoms with Gasteiger partial charge in [0.25, 0.3) is 5.91 Å². The Kier molecular flexibility index (Phi) is 7.02. The molecule has 0 aliphatic carbocycles. The SMILES string of the molecule is CCc1ccc(CCC(=O)Nc2ccc(OC)c(OCC(N)=O)c2)cc1. The highest BCUT2D eigenvalue weighted by Crippen LogP contribution is 2.30. The van der Waals surface area contributed by atoms with E-state index in [1.807, 2.05) is 0 Å². The number of nitrogens with one attached hydrogen (secondary N) is 1. The molecule has 0 saturated heterocycles. The standard InChI is InChI=1S/C20H24N2O4/c1-3-14-4-6-15(7-5-14)8-11-20(24)22-16-9-10-17(25-2)18(12-16)26-13-19(21)23/h4-7,9-10,12H,3,8,11,13H2,1-2H3,(H2,21,23)(H,22,24). The summed E-state index contributed by atoms with van der Waals surface area (Å²) in [6, 6.07) is 13.2. The molecule has 0 radical (unpaired) electrons. The highest BCUT2D eigenvalue weighted by atomic mass is 16.5. The third-order valence-corrected chi connectivity index (χ3v) is 3.89. The third-order valence-electron chi connectivity index (χ3n) is 3.89. The van der Waals surface area contributed by atoms with Gasteiger partial charge in [-0.15, -0.1) is 0 Å². The Hall–Kier alpha value is -3.02. The molecular weight excluding hydrogens is 332 g/mol. The van der Waals surface area contributed by atoms with Crippen LogP contribution in [0, 0.1) is 0 Å². The second-order valence-electron chi connectivity index (χ2n) is 5.84. The van der Waals surface area contributed by atoms with Gasteiger partial charge >= 0.3 is 0 Å². The van der Waals surface area contributed by atoms with Crippen LogP contribution in [0.5, 0.6) is 11.5 Å². The van der Waals surface area contributed by atoms with Crippen LogP contribution in [-0.2, 0) is 22.4 Å². The maximum absolute atomic E-state index is 12.2. The van der Waals surface area contributed by atoms with Crippen molar-refractivity contribution >= 4 is 17.5 Å². The van der Waals surface area contributed by atoms with Crippen molar-refractivity contribution in [3.05, 3.63) is 53.6 Å². The van der Waals surface area contributed by atoms with E-state index in [-0.39, 0.29) is 12.5 Å². The van der Waals surface area contributed by atoms with Gasteiger partial charge in [0.1, 0.15) is 0 Å². The van der Waals surface area contributed by atoms with E-state index in [2.05, 4.69) is 36.5 Å². The second-order valence-corrected chi connectivity index (χ2v) is 5.84. The normalized spacial score (nSPS) is 10.2. The van der Waals surface area contributed by atoms with Gasteiger partial charge in [-0.25, -0.2) is 0 Å². The van der Waals surface area contributed by atoms with Crippen LogP contribution in [0.3, 0.4) is 0 Å². The summed E-state index contributed by atoms with van der Waals surface area (Å²) in [5.41, 5.74) is 8.06. The molecule has 138 valence electrons. The molecular formula is C20H24N2O4. The van der Waals surface area contributed by atoms with Gasteiger partial charge in [0, 0.05) is 18.2 Å². The Morgan fingerprint density at radius 1 is 1.04 bits per heavy atom. The number of hydrogen-bond donors (Lipinski definition) is 2. The van der Waals surface area contributed by atoms with Crippen molar-refractivity contribution in [3.8, 4) is 11.5 Å². The summed E-state index contributed by atoms with van der Waals surface area (Å²) in [6.07, 6.45) is 2.03. The van der Waals surface area contributed by atoms with Crippen LogP contribution >= 0.6 is 0 Å². The molecule has 0 fully saturated rings. The first-order valence-electron chi connectivity index (χ1n) is 8.48. The monoisotopic (exact) mass is 356 g/mol. The molecule has 0 unspecified atom stereocenters. The van der Waals surface area contributed by atoms with Crippen LogP contribution in [0.4, 0.5) is 5.69 Å². The average Bonchev–Trinajstić information content (AvgIpc) is 2.65. The molecule has 2 rings (SSSR count). The van der Waals surface area contributed by atoms with Crippen LogP contribution < -0.4 is 20.5 Å². The molecule has 0 spiro atoms. The number of carbonyl (C=O) groups excluding carboxylic acids is 2. The fourth-order valence-corrected chi connectivity index (χ4v) is 2.44. The molecule has 0 bridgehead atoms. The highest BCUT2D eigenvalue weighted by Gasteiger charge is 2.09. The fraction of sp³-hybridized carbons (Fsp3) is 0.300. The van der Waals surface area contributed by atoms with Gasteiger partial charge in [0.2, 0.25) is 5.91 Å². The maximum Gasteiger partial charge on any atom is 0.255 e. The minimum Gasteiger partial charge on any atom is -0.493 e. The van der Waals surface area contributed by atoms with E-state index in [0.717, 1.165) is 12.0 Å². The molecule has 0 saturated carbocycles. The molecule has 0 heterocycles. The van der Waals surface area contributed by atoms with E-state index in [1.54, 1.807) is 18.2 Å². The number of nitrogens with two attached hydrogens (primary N) is 1. The number of anilines is 1. The minimum atomic E-state index is -0.587. The van der Waals surface area contributed by atoms with Crippen molar-refractivity contribution in [2.24, 2.45) is 5.73 Å². The van der Waals surface area contributed by atoms with Gasteiger partial charge in [0.05, 0.1) is 7.11 Å². The number of aryl methyl sites for hydroxylation is 2. The zero-order valence-electron chi connectivity index (χ0n) is 15.1. The molecule has 3 N–H and O–H groups in total. The van der Waals surface area contributed by atoms with Gasteiger partial charge in [0.15, 0.2) is 18.1 Å². The van der Waals surface area contributed by atoms with E-state index in [9.17, 15) is 9.59 Å². The van der Waals surface area contributed by atoms with Gasteiger partial charge < -0.3 is 20.5 Å². The first kappa shape index (κ1) is 19.3. The number of rotatable bonds is 9. The van der Waals surface area contributed by atoms with Crippen LogP contribution in [0.2, 0.25) is 0 Å². The number of hydrogen-bond acceptors (Lipinski definition) is 4. The average molecular weight is 356 g/mol. The molecule has 0 aliphatic heterocycles. The zero-order chi connectivity index (χ0) is 18.9. The van der Waals surface area contributed by atoms with Crippen molar-refractivity contribution in [2.75, 3.05) is 19.0 Å². The lowest BCUT2D eigenvalue weighted by Crippen LogP contribution is -2.20. The Bertz CT molecular complexity index is 757. The summed E-state index contributed by atoms with van der Waals surface area (Å²) < 4.78 is 10.5. The fourth-order valence-electron chi connectivity index (χ4n) is 2.44. The largest absolute Gasteiger partial charge is 0.493 e. The van der Waals surface area contributed by atoms with E-state index in [0.29, 0.717) is 30.0 Å². The summed E-state index contributed by atoms with van der Waals surface area (Å²) in [7, 11) is 1.49. The number of primary amides is 1. The summed E-state index contributed by atoms with van der Waals surface area (Å²) in [5, 5.41) is 2.82. The summed E-state index contributed by atoms with van der Waals surface area (Å²) in [6.45, 7) is 1.85. The Balaban J connectivity index is 1.94. The molecule has 0 aliphatic rings. The molecule has 2 amide bonds. The Labute approximate surface area is 153 Å². The third kappa shape index (κ3) is 5.81. The van der Waals surface area contributed by atoms with Crippen LogP contribution in [-0.4, -0.2) is 25.5 Å². The van der Waals surface area contributed by atoms with Gasteiger partial charge in [-0.05, 0) is 36.1 Å². The lowest BCUT2D eigenvalue weighted by atomic mass is 10.1. The lowest BCUT2D eigenvalue weighted by Gasteiger charge is -2.12. The first-order valence-corrected chi connectivity index (χ1v) is 8.48. The maximum atomic E-state index is 12.2. The van der Waals surface area contributed by atoms with E-state index >= 15 is 0 Å². The van der Waals surface area contributed by atoms with E-state index in [1.165, 1.54) is 12.7 Å². The molecule has 2 aromatic rings. The van der Waals surface area contributed by atoms with Crippen LogP contribution in [0.25, 0.3) is 0 Å². The molecule has 6 heteroatoms. The zero-order valence-corrected chi connectivity index (χ0v) is 15.1. The van der Waals surface area contributed by atoms with Crippen molar-refractivity contribution in [1.82, 2.24) is 0 Å². The van der Waals surface area contributed by atoms with Gasteiger partial charge in [-0.1, -0.05) is 31.2 Å². The van der Waals surface area contributed by atoms with Crippen LogP contribution in [0.15, 0.2) is 42.5 Å². The predicted molar refractivity (Wildman–Crippen MR) is 100 cm³/mol. The number of carbonyl (C=O) groups is 2. The van der Waals surface area contributed by atoms with Gasteiger partial charge in [-0.2, -0.15) is 0 Å². The van der Waals surface area contributed by atoms with E-state index in [4.69, 9.17) is 15.2 Å². The number of benzene rings is 2. The summed E-state index contributed by atoms with van der Waals surface area (Å²) in [4.78, 5) is 23.1. The molecule has 0 atom stereocenters. The lowest BCUT2D eigenvalue weighted by molar-refractivity contribution is -0.120. The van der Waals surface area contributed by atoms with Crippen molar-refractivity contribution in [3.63, 3.8) is 0 Å². The number of methoxy groups -OCH3 is 1. The van der Waals surface area contributed by atoms with Crippen molar-refractivity contribution in [2.45, 2.75) is 26.2 Å². The quantitative estimate of drug-likeness (QED) is 0.723. The topological polar surface area (TPSA) is 90.7 Å². The minimum absolute atomic E-state index is 0.101. The summed E-state index contributed by atoms with van der Waals surface area (Å²) >= 11 is 0. The Morgan fingerprint density at radius 3 is 2.35 bits per heavy atom. The van der Waals surface area contributed by atoms with Crippen molar-refractivity contribution in [1.29, 1.82) is 0 Å². The summed E-state index contributed by atoms with van der Waals surface area (Å²) in [5.74, 6) is 0.116. The molecule has 2 aromatic carbocycles. The second kappa shape index (κ2) is 9.46. The molecule has 6 nitrogen and oxygen atoms in total. The van der Waals surface area contributed by atoms with Gasteiger partial charge in [-0.3, -0.25) is 9.59 Å². The molecule has 26 heavy (non-hydrogen) atoms. The Morgan fingerprint density at radius 2 is 1.73 bits per heavy atom. The number of amides is 2. The molecule has 0 aromatic heterocycles. The smallest absolute Gasteiger partial charge is 0.255 e. The predicted octanol–water partition coefficient (Wildman–Crippen LogP) is 2.69.